The zero-order chi connectivity index (χ0) is 9.07. The summed E-state index contributed by atoms with van der Waals surface area (Å²) in [5.41, 5.74) is 0. The maximum atomic E-state index is 5.80. The molecule has 0 heterocycles. The first-order valence-electron chi connectivity index (χ1n) is 4.00. The standard InChI is InChI=1S/C6H19O2Si3/c1-9(2)7-10(3)8-11(4,5)6/h9H,1-6H3. The third-order valence-corrected chi connectivity index (χ3v) is 7.66. The molecule has 0 N–H and O–H groups in total. The second kappa shape index (κ2) is 4.56. The van der Waals surface area contributed by atoms with Gasteiger partial charge in [-0.3, -0.25) is 0 Å². The van der Waals surface area contributed by atoms with Crippen LogP contribution < -0.4 is 0 Å². The molecule has 0 spiro atoms. The molecular weight excluding hydrogens is 188 g/mol. The van der Waals surface area contributed by atoms with Crippen LogP contribution >= 0.6 is 0 Å². The lowest BCUT2D eigenvalue weighted by atomic mass is 11.8. The van der Waals surface area contributed by atoms with E-state index in [1.54, 1.807) is 0 Å². The lowest BCUT2D eigenvalue weighted by Gasteiger charge is -2.23. The molecule has 0 fully saturated rings. The molecule has 67 valence electrons. The minimum atomic E-state index is -1.34. The fourth-order valence-electron chi connectivity index (χ4n) is 0.787. The quantitative estimate of drug-likeness (QED) is 0.656. The number of rotatable bonds is 4. The summed E-state index contributed by atoms with van der Waals surface area (Å²) in [6, 6.07) is 0. The Morgan fingerprint density at radius 1 is 1.18 bits per heavy atom. The second-order valence-corrected chi connectivity index (χ2v) is 12.9. The van der Waals surface area contributed by atoms with Gasteiger partial charge in [0.05, 0.1) is 0 Å². The van der Waals surface area contributed by atoms with Gasteiger partial charge in [0.1, 0.15) is 0 Å². The van der Waals surface area contributed by atoms with Crippen LogP contribution in [0.2, 0.25) is 39.3 Å². The van der Waals surface area contributed by atoms with E-state index in [-0.39, 0.29) is 0 Å². The third-order valence-electron chi connectivity index (χ3n) is 0.852. The van der Waals surface area contributed by atoms with Crippen molar-refractivity contribution < 1.29 is 8.23 Å². The zero-order valence-corrected chi connectivity index (χ0v) is 11.5. The van der Waals surface area contributed by atoms with E-state index < -0.39 is 26.6 Å². The van der Waals surface area contributed by atoms with Crippen molar-refractivity contribution in [1.82, 2.24) is 0 Å². The van der Waals surface area contributed by atoms with Gasteiger partial charge in [-0.1, -0.05) is 0 Å². The van der Waals surface area contributed by atoms with Crippen LogP contribution in [0.15, 0.2) is 0 Å². The molecule has 0 unspecified atom stereocenters. The van der Waals surface area contributed by atoms with E-state index in [0.717, 1.165) is 0 Å². The van der Waals surface area contributed by atoms with Gasteiger partial charge in [-0.2, -0.15) is 0 Å². The van der Waals surface area contributed by atoms with Crippen molar-refractivity contribution in [2.45, 2.75) is 39.3 Å². The van der Waals surface area contributed by atoms with Crippen molar-refractivity contribution in [2.75, 3.05) is 0 Å². The van der Waals surface area contributed by atoms with Gasteiger partial charge in [0, 0.05) is 0 Å². The van der Waals surface area contributed by atoms with Crippen molar-refractivity contribution >= 4 is 26.6 Å². The molecule has 0 bridgehead atoms. The third kappa shape index (κ3) is 8.48. The zero-order valence-electron chi connectivity index (χ0n) is 8.39. The molecule has 0 amide bonds. The lowest BCUT2D eigenvalue weighted by molar-refractivity contribution is 0.438. The van der Waals surface area contributed by atoms with Gasteiger partial charge in [0.15, 0.2) is 17.4 Å². The van der Waals surface area contributed by atoms with Gasteiger partial charge in [-0.25, -0.2) is 0 Å². The number of hydrogen-bond donors (Lipinski definition) is 0. The maximum Gasteiger partial charge on any atom is 0.359 e. The maximum absolute atomic E-state index is 5.80. The monoisotopic (exact) mass is 207 g/mol. The molecule has 0 aliphatic heterocycles. The second-order valence-electron chi connectivity index (χ2n) is 3.87. The molecule has 0 aromatic rings. The Balaban J connectivity index is 3.61. The van der Waals surface area contributed by atoms with E-state index in [4.69, 9.17) is 8.23 Å². The molecule has 0 saturated carbocycles. The molecule has 2 nitrogen and oxygen atoms in total. The van der Waals surface area contributed by atoms with E-state index in [2.05, 4.69) is 39.3 Å². The van der Waals surface area contributed by atoms with Crippen LogP contribution in [-0.2, 0) is 8.23 Å². The van der Waals surface area contributed by atoms with Crippen LogP contribution in [-0.4, -0.2) is 26.6 Å². The van der Waals surface area contributed by atoms with Gasteiger partial charge in [0.2, 0.25) is 0 Å². The summed E-state index contributed by atoms with van der Waals surface area (Å²) in [6.45, 7) is 13.1. The Morgan fingerprint density at radius 3 is 1.91 bits per heavy atom. The Hall–Kier alpha value is 0.571. The van der Waals surface area contributed by atoms with E-state index in [0.29, 0.717) is 0 Å². The van der Waals surface area contributed by atoms with Gasteiger partial charge in [-0.15, -0.1) is 0 Å². The van der Waals surface area contributed by atoms with Crippen LogP contribution in [0.4, 0.5) is 0 Å². The summed E-state index contributed by atoms with van der Waals surface area (Å²) >= 11 is 0. The summed E-state index contributed by atoms with van der Waals surface area (Å²) in [7, 11) is -3.14. The summed E-state index contributed by atoms with van der Waals surface area (Å²) < 4.78 is 11.5. The molecule has 0 aromatic carbocycles. The Labute approximate surface area is 74.6 Å². The first-order valence-corrected chi connectivity index (χ1v) is 12.0. The minimum absolute atomic E-state index is 0.875. The normalized spacial score (nSPS) is 13.1. The SMILES string of the molecule is C[Si](O[SiH](C)C)O[Si](C)(C)C. The summed E-state index contributed by atoms with van der Waals surface area (Å²) in [5, 5.41) is 0. The highest BCUT2D eigenvalue weighted by Crippen LogP contribution is 2.06. The first kappa shape index (κ1) is 11.6. The van der Waals surface area contributed by atoms with Crippen molar-refractivity contribution in [1.29, 1.82) is 0 Å². The highest BCUT2D eigenvalue weighted by Gasteiger charge is 2.21. The van der Waals surface area contributed by atoms with Crippen molar-refractivity contribution in [3.8, 4) is 0 Å². The Bertz CT molecular complexity index is 111. The topological polar surface area (TPSA) is 18.5 Å². The molecule has 11 heavy (non-hydrogen) atoms. The summed E-state index contributed by atoms with van der Waals surface area (Å²) in [6.07, 6.45) is 0. The van der Waals surface area contributed by atoms with Gasteiger partial charge in [-0.05, 0) is 39.3 Å². The van der Waals surface area contributed by atoms with Crippen LogP contribution in [0.1, 0.15) is 0 Å². The van der Waals surface area contributed by atoms with E-state index in [1.807, 2.05) is 0 Å². The van der Waals surface area contributed by atoms with Gasteiger partial charge >= 0.3 is 9.28 Å². The summed E-state index contributed by atoms with van der Waals surface area (Å²) in [5.74, 6) is 0. The largest absolute Gasteiger partial charge is 0.439 e. The van der Waals surface area contributed by atoms with E-state index in [9.17, 15) is 0 Å². The molecule has 0 atom stereocenters. The smallest absolute Gasteiger partial charge is 0.359 e. The molecule has 0 aromatic heterocycles. The van der Waals surface area contributed by atoms with Crippen LogP contribution in [0, 0.1) is 0 Å². The average molecular weight is 207 g/mol. The van der Waals surface area contributed by atoms with Crippen LogP contribution in [0.25, 0.3) is 0 Å². The fourth-order valence-corrected chi connectivity index (χ4v) is 7.52. The van der Waals surface area contributed by atoms with Gasteiger partial charge in [0.25, 0.3) is 0 Å². The van der Waals surface area contributed by atoms with Crippen molar-refractivity contribution in [2.24, 2.45) is 0 Å². The van der Waals surface area contributed by atoms with Crippen LogP contribution in [0.3, 0.4) is 0 Å². The molecule has 0 rings (SSSR count). The molecule has 1 radical (unpaired) electrons. The lowest BCUT2D eigenvalue weighted by Crippen LogP contribution is -2.37. The first-order chi connectivity index (χ1) is 4.81. The molecule has 0 saturated heterocycles. The van der Waals surface area contributed by atoms with E-state index in [1.165, 1.54) is 0 Å². The molecule has 0 aliphatic rings. The van der Waals surface area contributed by atoms with Crippen molar-refractivity contribution in [3.05, 3.63) is 0 Å². The highest BCUT2D eigenvalue weighted by atomic mass is 28.4. The van der Waals surface area contributed by atoms with Crippen molar-refractivity contribution in [3.63, 3.8) is 0 Å². The van der Waals surface area contributed by atoms with Crippen LogP contribution in [0.5, 0.6) is 0 Å². The Morgan fingerprint density at radius 2 is 1.64 bits per heavy atom. The minimum Gasteiger partial charge on any atom is -0.439 e. The Kier molecular flexibility index (Phi) is 4.80. The molecular formula is C6H19O2Si3. The number of hydrogen-bond acceptors (Lipinski definition) is 2. The highest BCUT2D eigenvalue weighted by molar-refractivity contribution is 6.77. The predicted octanol–water partition coefficient (Wildman–Crippen LogP) is 1.96. The molecule has 5 heteroatoms. The average Bonchev–Trinajstić information content (AvgIpc) is 1.53. The van der Waals surface area contributed by atoms with Gasteiger partial charge < -0.3 is 8.23 Å². The van der Waals surface area contributed by atoms with E-state index >= 15 is 0 Å². The molecule has 0 aliphatic carbocycles. The fraction of sp³-hybridized carbons (Fsp3) is 1.00. The predicted molar refractivity (Wildman–Crippen MR) is 56.0 cm³/mol. The summed E-state index contributed by atoms with van der Waals surface area (Å²) in [4.78, 5) is 0.